The van der Waals surface area contributed by atoms with Crippen LogP contribution in [0.5, 0.6) is 0 Å². The minimum Gasteiger partial charge on any atom is -0.360 e. The molecule has 134 valence electrons. The van der Waals surface area contributed by atoms with Crippen LogP contribution in [0.25, 0.3) is 10.2 Å². The Labute approximate surface area is 153 Å². The molecule has 0 aromatic carbocycles. The number of hydrogen-bond donors (Lipinski definition) is 2. The van der Waals surface area contributed by atoms with Gasteiger partial charge in [-0.2, -0.15) is 0 Å². The highest BCUT2D eigenvalue weighted by molar-refractivity contribution is 7.18. The number of nitrogens with zero attached hydrogens (tertiary/aromatic N) is 2. The molecule has 0 bridgehead atoms. The van der Waals surface area contributed by atoms with Gasteiger partial charge in [0.2, 0.25) is 5.91 Å². The zero-order valence-corrected chi connectivity index (χ0v) is 15.8. The summed E-state index contributed by atoms with van der Waals surface area (Å²) < 4.78 is 0. The molecule has 25 heavy (non-hydrogen) atoms. The van der Waals surface area contributed by atoms with Crippen molar-refractivity contribution >= 4 is 33.3 Å². The standard InChI is InChI=1S/C19H26N4OS/c1-3-15-11-16-18(22-13(2)23-19(16)25-15)21-12-17(24)20-10-9-14-7-5-4-6-8-14/h7,11H,3-6,8-10,12H2,1-2H3,(H,20,24)(H,21,22,23). The number of fused-ring (bicyclic) bond motifs is 1. The van der Waals surface area contributed by atoms with Crippen LogP contribution >= 0.6 is 11.3 Å². The van der Waals surface area contributed by atoms with Gasteiger partial charge in [-0.25, -0.2) is 9.97 Å². The summed E-state index contributed by atoms with van der Waals surface area (Å²) in [6.07, 6.45) is 9.23. The molecule has 0 saturated carbocycles. The zero-order valence-electron chi connectivity index (χ0n) is 15.0. The number of carbonyl (C=O) groups is 1. The van der Waals surface area contributed by atoms with E-state index in [1.165, 1.54) is 36.1 Å². The van der Waals surface area contributed by atoms with E-state index >= 15 is 0 Å². The summed E-state index contributed by atoms with van der Waals surface area (Å²) >= 11 is 1.69. The van der Waals surface area contributed by atoms with E-state index < -0.39 is 0 Å². The van der Waals surface area contributed by atoms with Crippen molar-refractivity contribution in [1.82, 2.24) is 15.3 Å². The maximum atomic E-state index is 12.1. The van der Waals surface area contributed by atoms with Crippen molar-refractivity contribution in [3.8, 4) is 0 Å². The number of aryl methyl sites for hydroxylation is 2. The molecule has 2 aromatic heterocycles. The Hall–Kier alpha value is -1.95. The summed E-state index contributed by atoms with van der Waals surface area (Å²) in [5.74, 6) is 1.49. The van der Waals surface area contributed by atoms with E-state index in [2.05, 4.69) is 39.7 Å². The summed E-state index contributed by atoms with van der Waals surface area (Å²) in [5.41, 5.74) is 1.48. The van der Waals surface area contributed by atoms with Gasteiger partial charge in [0.25, 0.3) is 0 Å². The topological polar surface area (TPSA) is 66.9 Å². The molecule has 3 rings (SSSR count). The van der Waals surface area contributed by atoms with Gasteiger partial charge in [-0.15, -0.1) is 11.3 Å². The van der Waals surface area contributed by atoms with Crippen molar-refractivity contribution < 1.29 is 4.79 Å². The van der Waals surface area contributed by atoms with Crippen molar-refractivity contribution in [2.45, 2.75) is 52.4 Å². The van der Waals surface area contributed by atoms with Crippen LogP contribution in [0.1, 0.15) is 49.7 Å². The monoisotopic (exact) mass is 358 g/mol. The third-order valence-corrected chi connectivity index (χ3v) is 5.65. The number of aromatic nitrogens is 2. The molecule has 1 aliphatic carbocycles. The maximum absolute atomic E-state index is 12.1. The van der Waals surface area contributed by atoms with E-state index in [0.717, 1.165) is 34.7 Å². The lowest BCUT2D eigenvalue weighted by Crippen LogP contribution is -2.31. The summed E-state index contributed by atoms with van der Waals surface area (Å²) in [4.78, 5) is 23.3. The Morgan fingerprint density at radius 1 is 1.32 bits per heavy atom. The van der Waals surface area contributed by atoms with Crippen LogP contribution < -0.4 is 10.6 Å². The first kappa shape index (κ1) is 17.9. The van der Waals surface area contributed by atoms with Gasteiger partial charge in [0.05, 0.1) is 11.9 Å². The number of rotatable bonds is 7. The van der Waals surface area contributed by atoms with Gasteiger partial charge >= 0.3 is 0 Å². The predicted octanol–water partition coefficient (Wildman–Crippen LogP) is 3.98. The number of nitrogens with one attached hydrogen (secondary N) is 2. The number of carbonyl (C=O) groups excluding carboxylic acids is 1. The molecule has 1 aliphatic rings. The minimum atomic E-state index is 0.00627. The van der Waals surface area contributed by atoms with Crippen LogP contribution in [-0.4, -0.2) is 29.0 Å². The normalized spacial score (nSPS) is 14.4. The third kappa shape index (κ3) is 4.78. The van der Waals surface area contributed by atoms with Crippen LogP contribution in [0.2, 0.25) is 0 Å². The Balaban J connectivity index is 1.54. The molecule has 1 amide bonds. The molecule has 0 atom stereocenters. The SMILES string of the molecule is CCc1cc2c(NCC(=O)NCCC3=CCCCC3)nc(C)nc2s1. The summed E-state index contributed by atoms with van der Waals surface area (Å²) in [6.45, 7) is 4.96. The Bertz CT molecular complexity index is 781. The van der Waals surface area contributed by atoms with E-state index in [1.54, 1.807) is 11.3 Å². The van der Waals surface area contributed by atoms with Gasteiger partial charge in [-0.1, -0.05) is 18.6 Å². The molecule has 2 heterocycles. The molecular formula is C19H26N4OS. The Morgan fingerprint density at radius 3 is 2.96 bits per heavy atom. The van der Waals surface area contributed by atoms with E-state index in [-0.39, 0.29) is 12.5 Å². The van der Waals surface area contributed by atoms with Crippen LogP contribution in [0.3, 0.4) is 0 Å². The molecule has 2 aromatic rings. The number of thiophene rings is 1. The van der Waals surface area contributed by atoms with E-state index in [4.69, 9.17) is 0 Å². The highest BCUT2D eigenvalue weighted by Crippen LogP contribution is 2.29. The van der Waals surface area contributed by atoms with Crippen molar-refractivity contribution in [2.24, 2.45) is 0 Å². The number of amides is 1. The second kappa shape index (κ2) is 8.43. The number of anilines is 1. The fraction of sp³-hybridized carbons (Fsp3) is 0.526. The van der Waals surface area contributed by atoms with Gasteiger partial charge in [0, 0.05) is 11.4 Å². The van der Waals surface area contributed by atoms with Crippen molar-refractivity contribution in [3.05, 3.63) is 28.4 Å². The molecule has 0 radical (unpaired) electrons. The lowest BCUT2D eigenvalue weighted by molar-refractivity contribution is -0.119. The lowest BCUT2D eigenvalue weighted by atomic mass is 9.97. The van der Waals surface area contributed by atoms with E-state index in [0.29, 0.717) is 6.54 Å². The van der Waals surface area contributed by atoms with Crippen LogP contribution in [-0.2, 0) is 11.2 Å². The second-order valence-electron chi connectivity index (χ2n) is 6.47. The summed E-state index contributed by atoms with van der Waals surface area (Å²) in [7, 11) is 0. The van der Waals surface area contributed by atoms with E-state index in [9.17, 15) is 4.79 Å². The first-order valence-corrected chi connectivity index (χ1v) is 9.93. The maximum Gasteiger partial charge on any atom is 0.239 e. The molecule has 5 nitrogen and oxygen atoms in total. The minimum absolute atomic E-state index is 0.00627. The van der Waals surface area contributed by atoms with Gasteiger partial charge in [0.15, 0.2) is 0 Å². The highest BCUT2D eigenvalue weighted by atomic mass is 32.1. The lowest BCUT2D eigenvalue weighted by Gasteiger charge is -2.13. The third-order valence-electron chi connectivity index (χ3n) is 4.47. The first-order valence-electron chi connectivity index (χ1n) is 9.11. The molecule has 0 fully saturated rings. The van der Waals surface area contributed by atoms with Gasteiger partial charge in [-0.05, 0) is 51.5 Å². The van der Waals surface area contributed by atoms with Gasteiger partial charge in [-0.3, -0.25) is 4.79 Å². The quantitative estimate of drug-likeness (QED) is 0.735. The average Bonchev–Trinajstić information content (AvgIpc) is 3.03. The molecular weight excluding hydrogens is 332 g/mol. The molecule has 0 saturated heterocycles. The van der Waals surface area contributed by atoms with Crippen molar-refractivity contribution in [3.63, 3.8) is 0 Å². The van der Waals surface area contributed by atoms with Crippen LogP contribution in [0.15, 0.2) is 17.7 Å². The van der Waals surface area contributed by atoms with Gasteiger partial charge in [0.1, 0.15) is 16.5 Å². The number of hydrogen-bond acceptors (Lipinski definition) is 5. The molecule has 0 unspecified atom stereocenters. The predicted molar refractivity (Wildman–Crippen MR) is 104 cm³/mol. The van der Waals surface area contributed by atoms with Crippen LogP contribution in [0.4, 0.5) is 5.82 Å². The van der Waals surface area contributed by atoms with Crippen molar-refractivity contribution in [1.29, 1.82) is 0 Å². The molecule has 0 spiro atoms. The zero-order chi connectivity index (χ0) is 17.6. The molecule has 2 N–H and O–H groups in total. The number of allylic oxidation sites excluding steroid dienone is 1. The smallest absolute Gasteiger partial charge is 0.239 e. The molecule has 0 aliphatic heterocycles. The largest absolute Gasteiger partial charge is 0.360 e. The van der Waals surface area contributed by atoms with Crippen molar-refractivity contribution in [2.75, 3.05) is 18.4 Å². The highest BCUT2D eigenvalue weighted by Gasteiger charge is 2.11. The average molecular weight is 359 g/mol. The first-order chi connectivity index (χ1) is 12.2. The summed E-state index contributed by atoms with van der Waals surface area (Å²) in [5, 5.41) is 7.19. The second-order valence-corrected chi connectivity index (χ2v) is 7.58. The van der Waals surface area contributed by atoms with Gasteiger partial charge < -0.3 is 10.6 Å². The fourth-order valence-corrected chi connectivity index (χ4v) is 4.12. The Kier molecular flexibility index (Phi) is 6.02. The molecule has 6 heteroatoms. The van der Waals surface area contributed by atoms with Crippen LogP contribution in [0, 0.1) is 6.92 Å². The fourth-order valence-electron chi connectivity index (χ4n) is 3.11. The Morgan fingerprint density at radius 2 is 2.20 bits per heavy atom. The summed E-state index contributed by atoms with van der Waals surface area (Å²) in [6, 6.07) is 2.12. The van der Waals surface area contributed by atoms with E-state index in [1.807, 2.05) is 6.92 Å².